The summed E-state index contributed by atoms with van der Waals surface area (Å²) in [5, 5.41) is 2.62. The summed E-state index contributed by atoms with van der Waals surface area (Å²) in [5.74, 6) is 2.23. The molecule has 0 bridgehead atoms. The molecule has 5 aromatic carbocycles. The number of aromatic nitrogens is 4. The molecule has 63 heavy (non-hydrogen) atoms. The molecule has 0 aliphatic heterocycles. The van der Waals surface area contributed by atoms with E-state index in [4.69, 9.17) is 9.97 Å². The number of fused-ring (bicyclic) bond motifs is 2. The Morgan fingerprint density at radius 1 is 0.698 bits per heavy atom. The molecule has 0 aliphatic rings. The van der Waals surface area contributed by atoms with Gasteiger partial charge in [0.1, 0.15) is 0 Å². The van der Waals surface area contributed by atoms with Gasteiger partial charge < -0.3 is 9.55 Å². The minimum atomic E-state index is -1.34. The summed E-state index contributed by atoms with van der Waals surface area (Å²) in [6, 6.07) is 45.3. The second kappa shape index (κ2) is 21.0. The predicted octanol–water partition coefficient (Wildman–Crippen LogP) is 15.9. The Kier molecular flexibility index (Phi) is 17.0. The van der Waals surface area contributed by atoms with Gasteiger partial charge in [-0.3, -0.25) is 9.97 Å². The van der Waals surface area contributed by atoms with Crippen molar-refractivity contribution < 1.29 is 20.1 Å². The number of benzene rings is 5. The predicted molar refractivity (Wildman–Crippen MR) is 274 cm³/mol. The van der Waals surface area contributed by atoms with Crippen molar-refractivity contribution in [3.63, 3.8) is 0 Å². The van der Waals surface area contributed by atoms with Crippen molar-refractivity contribution in [1.82, 2.24) is 19.5 Å². The van der Waals surface area contributed by atoms with E-state index < -0.39 is 8.07 Å². The maximum absolute atomic E-state index is 5.27. The first-order valence-corrected chi connectivity index (χ1v) is 25.8. The fourth-order valence-electron chi connectivity index (χ4n) is 7.90. The zero-order valence-corrected chi connectivity index (χ0v) is 42.2. The number of nitrogens with zero attached hydrogens (tertiary/aromatic N) is 4. The Bertz CT molecular complexity index is 2710. The molecule has 4 nitrogen and oxygen atoms in total. The largest absolute Gasteiger partial charge is 0.333 e. The van der Waals surface area contributed by atoms with E-state index in [0.29, 0.717) is 17.8 Å². The van der Waals surface area contributed by atoms with Gasteiger partial charge >= 0.3 is 0 Å². The molecule has 8 rings (SSSR count). The molecule has 0 fully saturated rings. The number of para-hydroxylation sites is 2. The molecule has 7 heteroatoms. The first kappa shape index (κ1) is 51.1. The summed E-state index contributed by atoms with van der Waals surface area (Å²) in [6.07, 6.45) is 3.24. The van der Waals surface area contributed by atoms with Crippen LogP contribution in [0.2, 0.25) is 19.6 Å². The minimum absolute atomic E-state index is 0. The Morgan fingerprint density at radius 2 is 1.33 bits per heavy atom. The number of imidazole rings is 1. The van der Waals surface area contributed by atoms with Crippen LogP contribution in [0.15, 0.2) is 115 Å². The van der Waals surface area contributed by atoms with Gasteiger partial charge in [0.05, 0.1) is 29.9 Å². The molecule has 0 N–H and O–H groups in total. The summed E-state index contributed by atoms with van der Waals surface area (Å²) < 4.78 is 3.54. The number of rotatable bonds is 9. The summed E-state index contributed by atoms with van der Waals surface area (Å²) in [5.41, 5.74) is 14.1. The van der Waals surface area contributed by atoms with Gasteiger partial charge in [-0.15, -0.1) is 54.1 Å². The molecule has 8 aromatic rings. The third-order valence-electron chi connectivity index (χ3n) is 10.9. The van der Waals surface area contributed by atoms with Crippen LogP contribution in [0.4, 0.5) is 0 Å². The SMILES string of the molecule is C.C.CC(C)Cc1cc(-c2[c-]cccc2)ncc1[Si](C)(C)C.CC(C)c1cc(-c2ccccc2)cc(C(C)C)c1-n1c(-c2[c-]ccc3nc(C(C)(C)C)sc23)nc2ccccc21.[Ir]. The average Bonchev–Trinajstić information content (AvgIpc) is 3.83. The van der Waals surface area contributed by atoms with Crippen LogP contribution in [0.1, 0.15) is 111 Å². The third kappa shape index (κ3) is 11.2. The summed E-state index contributed by atoms with van der Waals surface area (Å²) in [6.45, 7) is 27.6. The molecule has 0 atom stereocenters. The van der Waals surface area contributed by atoms with Crippen LogP contribution in [-0.4, -0.2) is 27.6 Å². The zero-order valence-electron chi connectivity index (χ0n) is 37.9. The molecule has 333 valence electrons. The summed E-state index contributed by atoms with van der Waals surface area (Å²) in [7, 11) is -1.34. The molecule has 1 radical (unpaired) electrons. The second-order valence-corrected chi connectivity index (χ2v) is 25.2. The molecule has 0 unspecified atom stereocenters. The van der Waals surface area contributed by atoms with E-state index in [1.165, 1.54) is 38.7 Å². The Morgan fingerprint density at radius 3 is 1.92 bits per heavy atom. The van der Waals surface area contributed by atoms with Crippen LogP contribution in [0.3, 0.4) is 0 Å². The van der Waals surface area contributed by atoms with Crippen molar-refractivity contribution in [3.05, 3.63) is 149 Å². The number of thiazole rings is 1. The molecule has 0 saturated heterocycles. The van der Waals surface area contributed by atoms with Gasteiger partial charge in [0.25, 0.3) is 0 Å². The van der Waals surface area contributed by atoms with Gasteiger partial charge in [-0.2, -0.15) is 11.3 Å². The van der Waals surface area contributed by atoms with E-state index in [9.17, 15) is 0 Å². The van der Waals surface area contributed by atoms with E-state index in [2.05, 4.69) is 195 Å². The van der Waals surface area contributed by atoms with E-state index in [0.717, 1.165) is 55.3 Å². The summed E-state index contributed by atoms with van der Waals surface area (Å²) in [4.78, 5) is 15.0. The Balaban J connectivity index is 0.000000323. The van der Waals surface area contributed by atoms with Crippen molar-refractivity contribution in [1.29, 1.82) is 0 Å². The number of hydrogen-bond donors (Lipinski definition) is 0. The quantitative estimate of drug-likeness (QED) is 0.107. The smallest absolute Gasteiger partial charge is 0.0881 e. The van der Waals surface area contributed by atoms with E-state index in [1.807, 2.05) is 24.3 Å². The standard InChI is InChI=1S/C36H36N3S.C18H24NSi.2CH4.Ir/c1-22(2)27-20-25(24-14-9-8-10-15-24)21-28(23(3)4)32(27)39-31-19-12-11-17-29(31)37-34(39)26-16-13-18-30-33(26)40-35(38-30)36(5,6)7;1-14(2)11-16-12-17(15-9-7-6-8-10-15)19-13-18(16)20(3,4)5;;;/h8-15,17-23H,1-7H3;6-9,12-14H,11H2,1-5H3;2*1H4;/q2*-1;;;. The maximum Gasteiger partial charge on any atom is 0.0881 e. The van der Waals surface area contributed by atoms with Crippen molar-refractivity contribution >= 4 is 45.8 Å². The molecular formula is C56H68IrN4SSi-2. The normalized spacial score (nSPS) is 11.6. The fourth-order valence-corrected chi connectivity index (χ4v) is 10.6. The van der Waals surface area contributed by atoms with Crippen LogP contribution >= 0.6 is 11.3 Å². The molecule has 0 spiro atoms. The van der Waals surface area contributed by atoms with Gasteiger partial charge in [0.15, 0.2) is 0 Å². The van der Waals surface area contributed by atoms with Gasteiger partial charge in [-0.1, -0.05) is 156 Å². The van der Waals surface area contributed by atoms with Crippen LogP contribution in [0, 0.1) is 18.1 Å². The minimum Gasteiger partial charge on any atom is -0.333 e. The first-order valence-electron chi connectivity index (χ1n) is 21.5. The molecular weight excluding hydrogens is 981 g/mol. The van der Waals surface area contributed by atoms with E-state index in [1.54, 1.807) is 11.3 Å². The van der Waals surface area contributed by atoms with E-state index >= 15 is 0 Å². The summed E-state index contributed by atoms with van der Waals surface area (Å²) >= 11 is 1.76. The van der Waals surface area contributed by atoms with Crippen LogP contribution in [-0.2, 0) is 31.9 Å². The fraction of sp³-hybridized carbons (Fsp3) is 0.339. The molecule has 0 saturated carbocycles. The maximum atomic E-state index is 5.27. The number of hydrogen-bond acceptors (Lipinski definition) is 4. The van der Waals surface area contributed by atoms with Gasteiger partial charge in [-0.05, 0) is 91.8 Å². The van der Waals surface area contributed by atoms with Crippen LogP contribution in [0.5, 0.6) is 0 Å². The van der Waals surface area contributed by atoms with Gasteiger partial charge in [0.2, 0.25) is 0 Å². The Labute approximate surface area is 398 Å². The van der Waals surface area contributed by atoms with Crippen LogP contribution in [0.25, 0.3) is 60.7 Å². The average molecular weight is 1050 g/mol. The zero-order chi connectivity index (χ0) is 42.9. The molecule has 3 heterocycles. The monoisotopic (exact) mass is 1050 g/mol. The van der Waals surface area contributed by atoms with Crippen molar-refractivity contribution in [2.75, 3.05) is 0 Å². The van der Waals surface area contributed by atoms with Gasteiger partial charge in [-0.25, -0.2) is 0 Å². The van der Waals surface area contributed by atoms with Crippen LogP contribution < -0.4 is 5.19 Å². The molecule has 0 amide bonds. The van der Waals surface area contributed by atoms with Crippen molar-refractivity contribution in [3.8, 4) is 39.5 Å². The van der Waals surface area contributed by atoms with Gasteiger partial charge in [0, 0.05) is 37.4 Å². The van der Waals surface area contributed by atoms with Crippen molar-refractivity contribution in [2.45, 2.75) is 120 Å². The van der Waals surface area contributed by atoms with Crippen molar-refractivity contribution in [2.24, 2.45) is 5.92 Å². The number of pyridine rings is 1. The first-order chi connectivity index (χ1) is 28.5. The Hall–Kier alpha value is -4.52. The van der Waals surface area contributed by atoms with E-state index in [-0.39, 0.29) is 40.4 Å². The molecule has 3 aromatic heterocycles. The topological polar surface area (TPSA) is 43.6 Å². The third-order valence-corrected chi connectivity index (χ3v) is 14.5. The molecule has 0 aliphatic carbocycles. The second-order valence-electron chi connectivity index (χ2n) is 19.1.